The van der Waals surface area contributed by atoms with E-state index < -0.39 is 0 Å². The molecule has 0 heterocycles. The third-order valence-corrected chi connectivity index (χ3v) is 2.53. The Balaban J connectivity index is 4.05. The topological polar surface area (TPSA) is 64.3 Å². The fraction of sp³-hybridized carbons (Fsp3) is 0.923. The average Bonchev–Trinajstić information content (AvgIpc) is 2.15. The average molecular weight is 244 g/mol. The molecule has 0 aromatic rings. The molecule has 0 aliphatic carbocycles. The van der Waals surface area contributed by atoms with Crippen LogP contribution in [0.1, 0.15) is 47.5 Å². The molecule has 0 aromatic heterocycles. The Morgan fingerprint density at radius 3 is 2.35 bits per heavy atom. The van der Waals surface area contributed by atoms with Crippen molar-refractivity contribution in [2.75, 3.05) is 13.2 Å². The summed E-state index contributed by atoms with van der Waals surface area (Å²) in [6.07, 6.45) is 1.45. The quantitative estimate of drug-likeness (QED) is 0.683. The summed E-state index contributed by atoms with van der Waals surface area (Å²) in [5.74, 6) is 0.523. The summed E-state index contributed by atoms with van der Waals surface area (Å²) in [4.78, 5) is 11.7. The zero-order valence-electron chi connectivity index (χ0n) is 11.9. The number of ether oxygens (including phenoxy) is 1. The molecule has 1 amide bonds. The van der Waals surface area contributed by atoms with Gasteiger partial charge in [-0.05, 0) is 33.1 Å². The van der Waals surface area contributed by atoms with E-state index in [0.29, 0.717) is 25.5 Å². The van der Waals surface area contributed by atoms with Crippen molar-refractivity contribution >= 4 is 5.91 Å². The van der Waals surface area contributed by atoms with Gasteiger partial charge in [0.25, 0.3) is 0 Å². The van der Waals surface area contributed by atoms with Crippen LogP contribution in [-0.2, 0) is 9.53 Å². The molecule has 0 aliphatic rings. The van der Waals surface area contributed by atoms with E-state index in [0.717, 1.165) is 6.42 Å². The highest BCUT2D eigenvalue weighted by Gasteiger charge is 2.25. The second-order valence-electron chi connectivity index (χ2n) is 5.58. The van der Waals surface area contributed by atoms with Crippen LogP contribution >= 0.6 is 0 Å². The minimum Gasteiger partial charge on any atom is -0.378 e. The molecule has 102 valence electrons. The monoisotopic (exact) mass is 244 g/mol. The number of nitrogens with one attached hydrogen (secondary N) is 1. The molecule has 3 N–H and O–H groups in total. The molecular formula is C13H28N2O2. The lowest BCUT2D eigenvalue weighted by molar-refractivity contribution is -0.124. The Hall–Kier alpha value is -0.610. The van der Waals surface area contributed by atoms with Crippen LogP contribution in [0, 0.1) is 5.92 Å². The van der Waals surface area contributed by atoms with Crippen LogP contribution in [0.4, 0.5) is 0 Å². The number of carbonyl (C=O) groups is 1. The van der Waals surface area contributed by atoms with E-state index in [2.05, 4.69) is 19.2 Å². The van der Waals surface area contributed by atoms with E-state index in [1.807, 2.05) is 20.8 Å². The van der Waals surface area contributed by atoms with Gasteiger partial charge in [0.1, 0.15) is 0 Å². The molecule has 0 fully saturated rings. The van der Waals surface area contributed by atoms with Gasteiger partial charge in [-0.25, -0.2) is 0 Å². The molecule has 0 saturated heterocycles. The van der Waals surface area contributed by atoms with Crippen LogP contribution in [0.3, 0.4) is 0 Å². The Kier molecular flexibility index (Phi) is 7.39. The van der Waals surface area contributed by atoms with Gasteiger partial charge < -0.3 is 15.8 Å². The number of nitrogens with two attached hydrogens (primary N) is 1. The van der Waals surface area contributed by atoms with Crippen molar-refractivity contribution in [3.63, 3.8) is 0 Å². The molecule has 4 heteroatoms. The first-order valence-corrected chi connectivity index (χ1v) is 6.42. The second kappa shape index (κ2) is 7.67. The zero-order valence-corrected chi connectivity index (χ0v) is 11.9. The summed E-state index contributed by atoms with van der Waals surface area (Å²) in [6, 6.07) is 0. The summed E-state index contributed by atoms with van der Waals surface area (Å²) in [7, 11) is 0. The van der Waals surface area contributed by atoms with E-state index >= 15 is 0 Å². The second-order valence-corrected chi connectivity index (χ2v) is 5.58. The highest BCUT2D eigenvalue weighted by atomic mass is 16.5. The first-order chi connectivity index (χ1) is 7.79. The van der Waals surface area contributed by atoms with Crippen LogP contribution in [0.15, 0.2) is 0 Å². The van der Waals surface area contributed by atoms with E-state index in [-0.39, 0.29) is 17.6 Å². The molecule has 0 spiro atoms. The maximum atomic E-state index is 11.7. The smallest absolute Gasteiger partial charge is 0.222 e. The number of carbonyl (C=O) groups excluding carboxylic acids is 1. The van der Waals surface area contributed by atoms with Gasteiger partial charge >= 0.3 is 0 Å². The molecule has 17 heavy (non-hydrogen) atoms. The fourth-order valence-electron chi connectivity index (χ4n) is 1.87. The van der Waals surface area contributed by atoms with Gasteiger partial charge in [-0.15, -0.1) is 0 Å². The van der Waals surface area contributed by atoms with Gasteiger partial charge in [0.05, 0.1) is 12.7 Å². The van der Waals surface area contributed by atoms with Gasteiger partial charge in [-0.1, -0.05) is 13.8 Å². The lowest BCUT2D eigenvalue weighted by Crippen LogP contribution is -2.52. The molecule has 0 aliphatic heterocycles. The van der Waals surface area contributed by atoms with Gasteiger partial charge in [-0.3, -0.25) is 4.79 Å². The molecule has 0 saturated carbocycles. The van der Waals surface area contributed by atoms with Crippen molar-refractivity contribution in [1.29, 1.82) is 0 Å². The van der Waals surface area contributed by atoms with Crippen molar-refractivity contribution in [2.45, 2.75) is 59.1 Å². The van der Waals surface area contributed by atoms with Crippen molar-refractivity contribution in [1.82, 2.24) is 5.32 Å². The maximum Gasteiger partial charge on any atom is 0.222 e. The van der Waals surface area contributed by atoms with E-state index in [9.17, 15) is 4.79 Å². The highest BCUT2D eigenvalue weighted by Crippen LogP contribution is 2.15. The minimum atomic E-state index is -0.302. The van der Waals surface area contributed by atoms with E-state index in [4.69, 9.17) is 10.5 Å². The Labute approximate surface area is 105 Å². The molecule has 0 radical (unpaired) electrons. The fourth-order valence-corrected chi connectivity index (χ4v) is 1.87. The number of hydrogen-bond acceptors (Lipinski definition) is 3. The molecule has 1 unspecified atom stereocenters. The summed E-state index contributed by atoms with van der Waals surface area (Å²) in [5, 5.41) is 3.00. The van der Waals surface area contributed by atoms with Crippen LogP contribution in [0.5, 0.6) is 0 Å². The Morgan fingerprint density at radius 2 is 1.94 bits per heavy atom. The predicted octanol–water partition coefficient (Wildman–Crippen LogP) is 1.68. The van der Waals surface area contributed by atoms with Gasteiger partial charge in [0, 0.05) is 18.5 Å². The highest BCUT2D eigenvalue weighted by molar-refractivity contribution is 5.76. The van der Waals surface area contributed by atoms with Crippen molar-refractivity contribution in [3.8, 4) is 0 Å². The number of amides is 1. The lowest BCUT2D eigenvalue weighted by Gasteiger charge is -2.31. The van der Waals surface area contributed by atoms with Gasteiger partial charge in [0.2, 0.25) is 5.91 Å². The van der Waals surface area contributed by atoms with Gasteiger partial charge in [-0.2, -0.15) is 0 Å². The first-order valence-electron chi connectivity index (χ1n) is 6.42. The number of hydrogen-bond donors (Lipinski definition) is 2. The lowest BCUT2D eigenvalue weighted by atomic mass is 9.90. The third-order valence-electron chi connectivity index (χ3n) is 2.53. The normalized spacial score (nSPS) is 15.1. The van der Waals surface area contributed by atoms with Crippen LogP contribution in [0.2, 0.25) is 0 Å². The molecule has 0 aromatic carbocycles. The number of rotatable bonds is 8. The summed E-state index contributed by atoms with van der Waals surface area (Å²) < 4.78 is 5.35. The SMILES string of the molecule is CC(C)CC(C)(CN)NC(=O)CCOC(C)C. The van der Waals surface area contributed by atoms with Crippen molar-refractivity contribution < 1.29 is 9.53 Å². The maximum absolute atomic E-state index is 11.7. The van der Waals surface area contributed by atoms with Crippen molar-refractivity contribution in [3.05, 3.63) is 0 Å². The largest absolute Gasteiger partial charge is 0.378 e. The van der Waals surface area contributed by atoms with Crippen LogP contribution in [0.25, 0.3) is 0 Å². The predicted molar refractivity (Wildman–Crippen MR) is 70.8 cm³/mol. The summed E-state index contributed by atoms with van der Waals surface area (Å²) >= 11 is 0. The standard InChI is InChI=1S/C13H28N2O2/c1-10(2)8-13(5,9-14)15-12(16)6-7-17-11(3)4/h10-11H,6-9,14H2,1-5H3,(H,15,16). The Morgan fingerprint density at radius 1 is 1.35 bits per heavy atom. The zero-order chi connectivity index (χ0) is 13.5. The van der Waals surface area contributed by atoms with E-state index in [1.165, 1.54) is 0 Å². The van der Waals surface area contributed by atoms with E-state index in [1.54, 1.807) is 0 Å². The summed E-state index contributed by atoms with van der Waals surface area (Å²) in [6.45, 7) is 11.1. The third kappa shape index (κ3) is 8.16. The summed E-state index contributed by atoms with van der Waals surface area (Å²) in [5.41, 5.74) is 5.43. The van der Waals surface area contributed by atoms with Crippen molar-refractivity contribution in [2.24, 2.45) is 11.7 Å². The minimum absolute atomic E-state index is 0.0132. The molecular weight excluding hydrogens is 216 g/mol. The van der Waals surface area contributed by atoms with Crippen LogP contribution < -0.4 is 11.1 Å². The van der Waals surface area contributed by atoms with Crippen LogP contribution in [-0.4, -0.2) is 30.7 Å². The Bertz CT molecular complexity index is 229. The van der Waals surface area contributed by atoms with Gasteiger partial charge in [0.15, 0.2) is 0 Å². The first kappa shape index (κ1) is 16.4. The molecule has 0 bridgehead atoms. The molecule has 0 rings (SSSR count). The molecule has 1 atom stereocenters. The molecule has 4 nitrogen and oxygen atoms in total.